The summed E-state index contributed by atoms with van der Waals surface area (Å²) in [5.74, 6) is -3.01. The third-order valence-electron chi connectivity index (χ3n) is 3.01. The highest BCUT2D eigenvalue weighted by atomic mass is 35.5. The molecule has 0 heterocycles. The molecule has 1 N–H and O–H groups in total. The van der Waals surface area contributed by atoms with E-state index < -0.39 is 11.7 Å². The van der Waals surface area contributed by atoms with Gasteiger partial charge in [-0.1, -0.05) is 11.6 Å². The summed E-state index contributed by atoms with van der Waals surface area (Å²) < 4.78 is 38.8. The van der Waals surface area contributed by atoms with Gasteiger partial charge in [0.15, 0.2) is 0 Å². The Labute approximate surface area is 103 Å². The number of hydrogen-bond donors (Lipinski definition) is 1. The van der Waals surface area contributed by atoms with Gasteiger partial charge in [-0.3, -0.25) is 0 Å². The molecule has 1 aliphatic rings. The molecule has 0 spiro atoms. The van der Waals surface area contributed by atoms with Crippen molar-refractivity contribution in [2.45, 2.75) is 37.6 Å². The first kappa shape index (κ1) is 12.6. The van der Waals surface area contributed by atoms with E-state index >= 15 is 0 Å². The summed E-state index contributed by atoms with van der Waals surface area (Å²) in [6, 6.07) is 4.32. The van der Waals surface area contributed by atoms with Gasteiger partial charge < -0.3 is 5.32 Å². The lowest BCUT2D eigenvalue weighted by atomic mass is 9.92. The molecule has 0 radical (unpaired) electrons. The summed E-state index contributed by atoms with van der Waals surface area (Å²) in [6.07, 6.45) is 0.642. The van der Waals surface area contributed by atoms with Gasteiger partial charge >= 0.3 is 0 Å². The molecular weight excluding hydrogens is 251 g/mol. The maximum absolute atomic E-state index is 12.9. The fourth-order valence-corrected chi connectivity index (χ4v) is 2.19. The molecule has 1 aliphatic carbocycles. The molecule has 0 aromatic heterocycles. The number of nitrogens with one attached hydrogen (secondary N) is 1. The molecule has 0 aliphatic heterocycles. The number of halogens is 4. The molecule has 0 atom stereocenters. The zero-order valence-electron chi connectivity index (χ0n) is 9.15. The van der Waals surface area contributed by atoms with E-state index in [1.54, 1.807) is 6.07 Å². The summed E-state index contributed by atoms with van der Waals surface area (Å²) >= 11 is 5.64. The van der Waals surface area contributed by atoms with E-state index in [9.17, 15) is 13.2 Å². The topological polar surface area (TPSA) is 12.0 Å². The van der Waals surface area contributed by atoms with Crippen LogP contribution in [0.1, 0.15) is 25.7 Å². The minimum atomic E-state index is -2.53. The lowest BCUT2D eigenvalue weighted by Crippen LogP contribution is -2.32. The van der Waals surface area contributed by atoms with Gasteiger partial charge in [0.1, 0.15) is 5.82 Å². The molecule has 2 rings (SSSR count). The van der Waals surface area contributed by atoms with E-state index in [2.05, 4.69) is 5.32 Å². The summed E-state index contributed by atoms with van der Waals surface area (Å²) in [5, 5.41) is 3.14. The first-order chi connectivity index (χ1) is 7.96. The Morgan fingerprint density at radius 2 is 1.88 bits per heavy atom. The van der Waals surface area contributed by atoms with Crippen LogP contribution in [0.3, 0.4) is 0 Å². The van der Waals surface area contributed by atoms with Crippen molar-refractivity contribution in [2.24, 2.45) is 0 Å². The highest BCUT2D eigenvalue weighted by molar-refractivity contribution is 6.31. The number of benzene rings is 1. The van der Waals surface area contributed by atoms with Crippen molar-refractivity contribution >= 4 is 17.3 Å². The molecule has 0 amide bonds. The fourth-order valence-electron chi connectivity index (χ4n) is 2.01. The van der Waals surface area contributed by atoms with Crippen LogP contribution in [-0.4, -0.2) is 12.0 Å². The van der Waals surface area contributed by atoms with E-state index in [1.165, 1.54) is 12.1 Å². The van der Waals surface area contributed by atoms with E-state index in [0.29, 0.717) is 18.5 Å². The quantitative estimate of drug-likeness (QED) is 0.830. The molecule has 5 heteroatoms. The summed E-state index contributed by atoms with van der Waals surface area (Å²) in [5.41, 5.74) is 0.673. The third kappa shape index (κ3) is 3.28. The monoisotopic (exact) mass is 263 g/mol. The van der Waals surface area contributed by atoms with E-state index in [0.717, 1.165) is 0 Å². The Morgan fingerprint density at radius 3 is 2.47 bits per heavy atom. The Balaban J connectivity index is 1.95. The van der Waals surface area contributed by atoms with Crippen molar-refractivity contribution < 1.29 is 13.2 Å². The van der Waals surface area contributed by atoms with Crippen LogP contribution in [0.4, 0.5) is 18.9 Å². The predicted octanol–water partition coefficient (Wildman–Crippen LogP) is 4.47. The van der Waals surface area contributed by atoms with Crippen LogP contribution in [-0.2, 0) is 0 Å². The maximum Gasteiger partial charge on any atom is 0.248 e. The third-order valence-corrected chi connectivity index (χ3v) is 3.30. The number of hydrogen-bond acceptors (Lipinski definition) is 1. The van der Waals surface area contributed by atoms with Crippen LogP contribution >= 0.6 is 11.6 Å². The molecular formula is C12H13ClF3N. The molecule has 0 bridgehead atoms. The van der Waals surface area contributed by atoms with E-state index in [-0.39, 0.29) is 23.9 Å². The average Bonchev–Trinajstić information content (AvgIpc) is 2.27. The minimum Gasteiger partial charge on any atom is -0.382 e. The van der Waals surface area contributed by atoms with E-state index in [4.69, 9.17) is 11.6 Å². The summed E-state index contributed by atoms with van der Waals surface area (Å²) in [7, 11) is 0. The van der Waals surface area contributed by atoms with Crippen LogP contribution in [0.25, 0.3) is 0 Å². The Morgan fingerprint density at radius 1 is 1.24 bits per heavy atom. The predicted molar refractivity (Wildman–Crippen MR) is 62.2 cm³/mol. The first-order valence-corrected chi connectivity index (χ1v) is 5.93. The lowest BCUT2D eigenvalue weighted by molar-refractivity contribution is -0.0360. The lowest BCUT2D eigenvalue weighted by Gasteiger charge is -2.29. The Kier molecular flexibility index (Phi) is 3.52. The van der Waals surface area contributed by atoms with Crippen molar-refractivity contribution in [3.63, 3.8) is 0 Å². The van der Waals surface area contributed by atoms with Gasteiger partial charge in [0.05, 0.1) is 5.02 Å². The van der Waals surface area contributed by atoms with Gasteiger partial charge in [-0.15, -0.1) is 0 Å². The van der Waals surface area contributed by atoms with Crippen molar-refractivity contribution in [1.29, 1.82) is 0 Å². The van der Waals surface area contributed by atoms with Crippen molar-refractivity contribution in [2.75, 3.05) is 5.32 Å². The second-order valence-electron chi connectivity index (χ2n) is 4.40. The highest BCUT2D eigenvalue weighted by Crippen LogP contribution is 2.34. The smallest absolute Gasteiger partial charge is 0.248 e. The molecule has 1 aromatic carbocycles. The van der Waals surface area contributed by atoms with Crippen molar-refractivity contribution in [1.82, 2.24) is 0 Å². The largest absolute Gasteiger partial charge is 0.382 e. The van der Waals surface area contributed by atoms with Crippen LogP contribution in [0.5, 0.6) is 0 Å². The number of anilines is 1. The molecule has 17 heavy (non-hydrogen) atoms. The zero-order valence-corrected chi connectivity index (χ0v) is 9.91. The second kappa shape index (κ2) is 4.77. The minimum absolute atomic E-state index is 0.0103. The normalized spacial score (nSPS) is 20.2. The van der Waals surface area contributed by atoms with Crippen LogP contribution in [0.15, 0.2) is 18.2 Å². The van der Waals surface area contributed by atoms with Crippen LogP contribution in [0.2, 0.25) is 5.02 Å². The van der Waals surface area contributed by atoms with Gasteiger partial charge in [-0.25, -0.2) is 13.2 Å². The van der Waals surface area contributed by atoms with Gasteiger partial charge in [-0.05, 0) is 31.0 Å². The molecule has 94 valence electrons. The SMILES string of the molecule is Fc1ccc(NC2CCC(F)(F)CC2)cc1Cl. The molecule has 1 aromatic rings. The fraction of sp³-hybridized carbons (Fsp3) is 0.500. The van der Waals surface area contributed by atoms with Gasteiger partial charge in [0.25, 0.3) is 0 Å². The highest BCUT2D eigenvalue weighted by Gasteiger charge is 2.34. The molecule has 1 fully saturated rings. The van der Waals surface area contributed by atoms with Crippen molar-refractivity contribution in [3.8, 4) is 0 Å². The van der Waals surface area contributed by atoms with Gasteiger partial charge in [0, 0.05) is 24.6 Å². The average molecular weight is 264 g/mol. The maximum atomic E-state index is 12.9. The van der Waals surface area contributed by atoms with Crippen LogP contribution in [0, 0.1) is 5.82 Å². The first-order valence-electron chi connectivity index (χ1n) is 5.56. The number of rotatable bonds is 2. The number of alkyl halides is 2. The standard InChI is InChI=1S/C12H13ClF3N/c13-10-7-9(1-2-11(10)14)17-8-3-5-12(15,16)6-4-8/h1-2,7-8,17H,3-6H2. The van der Waals surface area contributed by atoms with Crippen LogP contribution < -0.4 is 5.32 Å². The van der Waals surface area contributed by atoms with Gasteiger partial charge in [-0.2, -0.15) is 0 Å². The molecule has 1 nitrogen and oxygen atoms in total. The molecule has 0 unspecified atom stereocenters. The molecule has 1 saturated carbocycles. The Bertz CT molecular complexity index is 399. The zero-order chi connectivity index (χ0) is 12.5. The Hall–Kier alpha value is -0.900. The molecule has 0 saturated heterocycles. The second-order valence-corrected chi connectivity index (χ2v) is 4.81. The van der Waals surface area contributed by atoms with Crippen molar-refractivity contribution in [3.05, 3.63) is 29.0 Å². The van der Waals surface area contributed by atoms with E-state index in [1.807, 2.05) is 0 Å². The van der Waals surface area contributed by atoms with Gasteiger partial charge in [0.2, 0.25) is 5.92 Å². The summed E-state index contributed by atoms with van der Waals surface area (Å²) in [6.45, 7) is 0. The summed E-state index contributed by atoms with van der Waals surface area (Å²) in [4.78, 5) is 0.